The second kappa shape index (κ2) is 6.45. The molecule has 0 amide bonds. The Kier molecular flexibility index (Phi) is 4.35. The lowest BCUT2D eigenvalue weighted by Crippen LogP contribution is -2.12. The zero-order chi connectivity index (χ0) is 17.2. The maximum atomic E-state index is 12.9. The van der Waals surface area contributed by atoms with E-state index in [0.717, 1.165) is 11.1 Å². The molecule has 0 saturated carbocycles. The van der Waals surface area contributed by atoms with E-state index in [0.29, 0.717) is 12.2 Å². The quantitative estimate of drug-likeness (QED) is 0.772. The fourth-order valence-corrected chi connectivity index (χ4v) is 3.24. The first-order valence-electron chi connectivity index (χ1n) is 7.29. The van der Waals surface area contributed by atoms with E-state index in [4.69, 9.17) is 0 Å². The Bertz CT molecular complexity index is 933. The number of aryl methyl sites for hydroxylation is 1. The molecular formula is C17H16FN3O2S. The molecular weight excluding hydrogens is 329 g/mol. The van der Waals surface area contributed by atoms with Gasteiger partial charge in [-0.05, 0) is 36.8 Å². The summed E-state index contributed by atoms with van der Waals surface area (Å²) in [5.74, 6) is -0.300. The highest BCUT2D eigenvalue weighted by molar-refractivity contribution is 7.92. The molecule has 3 rings (SSSR count). The highest BCUT2D eigenvalue weighted by Crippen LogP contribution is 2.16. The number of nitrogens with one attached hydrogen (secondary N) is 1. The van der Waals surface area contributed by atoms with Gasteiger partial charge in [0.1, 0.15) is 5.82 Å². The lowest BCUT2D eigenvalue weighted by atomic mass is 10.2. The van der Waals surface area contributed by atoms with Gasteiger partial charge in [-0.2, -0.15) is 5.10 Å². The molecule has 5 nitrogen and oxygen atoms in total. The Morgan fingerprint density at radius 3 is 2.42 bits per heavy atom. The van der Waals surface area contributed by atoms with Crippen molar-refractivity contribution >= 4 is 15.7 Å². The molecule has 0 fully saturated rings. The Labute approximate surface area is 139 Å². The van der Waals surface area contributed by atoms with Crippen molar-refractivity contribution in [3.8, 4) is 0 Å². The minimum Gasteiger partial charge on any atom is -0.276 e. The number of benzene rings is 2. The summed E-state index contributed by atoms with van der Waals surface area (Å²) in [5.41, 5.74) is 2.23. The van der Waals surface area contributed by atoms with Crippen molar-refractivity contribution in [3.05, 3.63) is 77.9 Å². The molecule has 3 aromatic rings. The molecule has 0 bridgehead atoms. The van der Waals surface area contributed by atoms with Gasteiger partial charge in [0.05, 0.1) is 23.3 Å². The second-order valence-corrected chi connectivity index (χ2v) is 7.15. The number of rotatable bonds is 5. The summed E-state index contributed by atoms with van der Waals surface area (Å²) in [6, 6.07) is 12.7. The first-order valence-corrected chi connectivity index (χ1v) is 8.77. The molecule has 2 aromatic carbocycles. The highest BCUT2D eigenvalue weighted by Gasteiger charge is 2.14. The van der Waals surface area contributed by atoms with Crippen LogP contribution in [-0.4, -0.2) is 18.2 Å². The average molecular weight is 345 g/mol. The van der Waals surface area contributed by atoms with Crippen molar-refractivity contribution in [1.82, 2.24) is 9.78 Å². The largest absolute Gasteiger partial charge is 0.276 e. The maximum Gasteiger partial charge on any atom is 0.261 e. The number of sulfonamides is 1. The van der Waals surface area contributed by atoms with E-state index in [1.807, 2.05) is 6.92 Å². The Hall–Kier alpha value is -2.67. The first-order chi connectivity index (χ1) is 11.4. The molecule has 24 heavy (non-hydrogen) atoms. The molecule has 0 aliphatic carbocycles. The van der Waals surface area contributed by atoms with Gasteiger partial charge in [-0.1, -0.05) is 29.8 Å². The molecule has 124 valence electrons. The standard InChI is InChI=1S/C17H16FN3O2S/c1-13-2-8-17(9-3-13)24(22,23)20-16-10-19-21(12-16)11-14-4-6-15(18)7-5-14/h2-10,12,20H,11H2,1H3. The summed E-state index contributed by atoms with van der Waals surface area (Å²) in [6.45, 7) is 2.32. The van der Waals surface area contributed by atoms with Crippen LogP contribution < -0.4 is 4.72 Å². The van der Waals surface area contributed by atoms with Gasteiger partial charge in [0.25, 0.3) is 10.0 Å². The Morgan fingerprint density at radius 1 is 1.08 bits per heavy atom. The van der Waals surface area contributed by atoms with Crippen molar-refractivity contribution in [3.63, 3.8) is 0 Å². The van der Waals surface area contributed by atoms with Crippen LogP contribution in [0.5, 0.6) is 0 Å². The third kappa shape index (κ3) is 3.80. The second-order valence-electron chi connectivity index (χ2n) is 5.47. The fraction of sp³-hybridized carbons (Fsp3) is 0.118. The summed E-state index contributed by atoms with van der Waals surface area (Å²) in [4.78, 5) is 0.194. The van der Waals surface area contributed by atoms with Crippen LogP contribution in [0.1, 0.15) is 11.1 Å². The predicted molar refractivity (Wildman–Crippen MR) is 89.7 cm³/mol. The molecule has 0 aliphatic heterocycles. The van der Waals surface area contributed by atoms with Gasteiger partial charge in [0.2, 0.25) is 0 Å². The summed E-state index contributed by atoms with van der Waals surface area (Å²) < 4.78 is 41.6. The Balaban J connectivity index is 1.73. The van der Waals surface area contributed by atoms with Crippen LogP contribution in [-0.2, 0) is 16.6 Å². The molecule has 7 heteroatoms. The number of hydrogen-bond acceptors (Lipinski definition) is 3. The van der Waals surface area contributed by atoms with Crippen molar-refractivity contribution < 1.29 is 12.8 Å². The summed E-state index contributed by atoms with van der Waals surface area (Å²) in [5, 5.41) is 4.12. The smallest absolute Gasteiger partial charge is 0.261 e. The van der Waals surface area contributed by atoms with Crippen molar-refractivity contribution in [2.45, 2.75) is 18.4 Å². The van der Waals surface area contributed by atoms with E-state index in [-0.39, 0.29) is 10.7 Å². The van der Waals surface area contributed by atoms with Crippen LogP contribution in [0, 0.1) is 12.7 Å². The van der Waals surface area contributed by atoms with Gasteiger partial charge >= 0.3 is 0 Å². The zero-order valence-electron chi connectivity index (χ0n) is 13.0. The number of anilines is 1. The van der Waals surface area contributed by atoms with Crippen LogP contribution in [0.2, 0.25) is 0 Å². The van der Waals surface area contributed by atoms with E-state index in [1.165, 1.54) is 18.3 Å². The monoisotopic (exact) mass is 345 g/mol. The minimum atomic E-state index is -3.65. The lowest BCUT2D eigenvalue weighted by Gasteiger charge is -2.06. The molecule has 0 spiro atoms. The first kappa shape index (κ1) is 16.2. The van der Waals surface area contributed by atoms with Gasteiger partial charge in [-0.3, -0.25) is 9.40 Å². The highest BCUT2D eigenvalue weighted by atomic mass is 32.2. The van der Waals surface area contributed by atoms with E-state index < -0.39 is 10.0 Å². The summed E-state index contributed by atoms with van der Waals surface area (Å²) in [6.07, 6.45) is 3.03. The summed E-state index contributed by atoms with van der Waals surface area (Å²) in [7, 11) is -3.65. The van der Waals surface area contributed by atoms with Crippen molar-refractivity contribution in [1.29, 1.82) is 0 Å². The van der Waals surface area contributed by atoms with Crippen LogP contribution >= 0.6 is 0 Å². The third-order valence-corrected chi connectivity index (χ3v) is 4.87. The number of halogens is 1. The Morgan fingerprint density at radius 2 is 1.75 bits per heavy atom. The number of hydrogen-bond donors (Lipinski definition) is 1. The maximum absolute atomic E-state index is 12.9. The van der Waals surface area contributed by atoms with Gasteiger partial charge in [0, 0.05) is 6.20 Å². The molecule has 0 radical (unpaired) electrons. The van der Waals surface area contributed by atoms with E-state index in [2.05, 4.69) is 9.82 Å². The van der Waals surface area contributed by atoms with E-state index in [1.54, 1.807) is 47.3 Å². The van der Waals surface area contributed by atoms with Gasteiger partial charge in [0.15, 0.2) is 0 Å². The van der Waals surface area contributed by atoms with Gasteiger partial charge < -0.3 is 0 Å². The summed E-state index contributed by atoms with van der Waals surface area (Å²) >= 11 is 0. The van der Waals surface area contributed by atoms with Gasteiger partial charge in [-0.25, -0.2) is 12.8 Å². The molecule has 0 unspecified atom stereocenters. The minimum absolute atomic E-state index is 0.194. The fourth-order valence-electron chi connectivity index (χ4n) is 2.21. The van der Waals surface area contributed by atoms with Gasteiger partial charge in [-0.15, -0.1) is 0 Å². The number of nitrogens with zero attached hydrogens (tertiary/aromatic N) is 2. The van der Waals surface area contributed by atoms with Crippen molar-refractivity contribution in [2.75, 3.05) is 4.72 Å². The lowest BCUT2D eigenvalue weighted by molar-refractivity contribution is 0.601. The van der Waals surface area contributed by atoms with Crippen LogP contribution in [0.25, 0.3) is 0 Å². The molecule has 1 N–H and O–H groups in total. The average Bonchev–Trinajstić information content (AvgIpc) is 2.96. The third-order valence-electron chi connectivity index (χ3n) is 3.47. The molecule has 0 atom stereocenters. The molecule has 1 aromatic heterocycles. The van der Waals surface area contributed by atoms with E-state index >= 15 is 0 Å². The normalized spacial score (nSPS) is 11.4. The van der Waals surface area contributed by atoms with Crippen molar-refractivity contribution in [2.24, 2.45) is 0 Å². The number of aromatic nitrogens is 2. The molecule has 1 heterocycles. The SMILES string of the molecule is Cc1ccc(S(=O)(=O)Nc2cnn(Cc3ccc(F)cc3)c2)cc1. The topological polar surface area (TPSA) is 64.0 Å². The zero-order valence-corrected chi connectivity index (χ0v) is 13.8. The van der Waals surface area contributed by atoms with Crippen LogP contribution in [0.4, 0.5) is 10.1 Å². The predicted octanol–water partition coefficient (Wildman–Crippen LogP) is 3.18. The van der Waals surface area contributed by atoms with Crippen LogP contribution in [0.3, 0.4) is 0 Å². The van der Waals surface area contributed by atoms with E-state index in [9.17, 15) is 12.8 Å². The molecule has 0 saturated heterocycles. The van der Waals surface area contributed by atoms with Crippen LogP contribution in [0.15, 0.2) is 65.8 Å². The molecule has 0 aliphatic rings.